The molecule has 5 nitrogen and oxygen atoms in total. The maximum atomic E-state index is 12.3. The first-order valence-electron chi connectivity index (χ1n) is 5.63. The van der Waals surface area contributed by atoms with E-state index in [0.717, 1.165) is 0 Å². The van der Waals surface area contributed by atoms with Gasteiger partial charge in [-0.1, -0.05) is 0 Å². The number of nitrogens with two attached hydrogens (primary N) is 1. The lowest BCUT2D eigenvalue weighted by molar-refractivity contribution is -0.0763. The fourth-order valence-corrected chi connectivity index (χ4v) is 1.96. The molecule has 0 spiro atoms. The third-order valence-corrected chi connectivity index (χ3v) is 2.78. The van der Waals surface area contributed by atoms with Crippen molar-refractivity contribution in [3.05, 3.63) is 23.9 Å². The van der Waals surface area contributed by atoms with Crippen molar-refractivity contribution < 1.29 is 9.53 Å². The van der Waals surface area contributed by atoms with Crippen molar-refractivity contribution in [1.29, 1.82) is 0 Å². The average molecular weight is 235 g/mol. The lowest BCUT2D eigenvalue weighted by Gasteiger charge is -2.38. The minimum atomic E-state index is -0.301. The molecule has 1 amide bonds. The number of carbonyl (C=O) groups excluding carboxylic acids is 1. The third-order valence-electron chi connectivity index (χ3n) is 2.78. The van der Waals surface area contributed by atoms with Gasteiger partial charge in [0.15, 0.2) is 0 Å². The van der Waals surface area contributed by atoms with E-state index in [0.29, 0.717) is 25.3 Å². The summed E-state index contributed by atoms with van der Waals surface area (Å²) >= 11 is 0. The molecule has 0 bridgehead atoms. The Kier molecular flexibility index (Phi) is 3.02. The predicted octanol–water partition coefficient (Wildman–Crippen LogP) is 0.915. The number of nitrogens with zero attached hydrogens (tertiary/aromatic N) is 2. The van der Waals surface area contributed by atoms with E-state index in [2.05, 4.69) is 4.98 Å². The van der Waals surface area contributed by atoms with Gasteiger partial charge in [-0.05, 0) is 26.0 Å². The Morgan fingerprint density at radius 1 is 1.59 bits per heavy atom. The maximum absolute atomic E-state index is 12.3. The van der Waals surface area contributed by atoms with Gasteiger partial charge in [-0.15, -0.1) is 0 Å². The van der Waals surface area contributed by atoms with Gasteiger partial charge in [0.25, 0.3) is 5.91 Å². The quantitative estimate of drug-likeness (QED) is 0.785. The number of aromatic nitrogens is 1. The van der Waals surface area contributed by atoms with Crippen LogP contribution in [-0.2, 0) is 4.74 Å². The number of ether oxygens (including phenoxy) is 1. The number of carbonyl (C=O) groups is 1. The van der Waals surface area contributed by atoms with Crippen LogP contribution in [0.3, 0.4) is 0 Å². The number of amides is 1. The van der Waals surface area contributed by atoms with Gasteiger partial charge >= 0.3 is 0 Å². The van der Waals surface area contributed by atoms with Gasteiger partial charge in [0.05, 0.1) is 17.8 Å². The Morgan fingerprint density at radius 3 is 3.00 bits per heavy atom. The summed E-state index contributed by atoms with van der Waals surface area (Å²) in [5, 5.41) is 0. The molecule has 2 rings (SSSR count). The summed E-state index contributed by atoms with van der Waals surface area (Å²) in [5.41, 5.74) is 5.87. The van der Waals surface area contributed by atoms with E-state index in [4.69, 9.17) is 10.5 Å². The molecule has 0 aromatic carbocycles. The van der Waals surface area contributed by atoms with E-state index in [-0.39, 0.29) is 17.3 Å². The number of rotatable bonds is 1. The van der Waals surface area contributed by atoms with Gasteiger partial charge in [-0.3, -0.25) is 4.79 Å². The highest BCUT2D eigenvalue weighted by atomic mass is 16.5. The van der Waals surface area contributed by atoms with E-state index < -0.39 is 0 Å². The highest BCUT2D eigenvalue weighted by Gasteiger charge is 2.31. The fraction of sp³-hybridized carbons (Fsp3) is 0.500. The standard InChI is InChI=1S/C12H17N3O2/c1-12(2)8-15(6-7-17-12)11(16)9-4-3-5-14-10(9)13/h3-5H,6-8H2,1-2H3,(H2,13,14). The zero-order valence-corrected chi connectivity index (χ0v) is 10.1. The molecule has 0 aliphatic carbocycles. The summed E-state index contributed by atoms with van der Waals surface area (Å²) in [4.78, 5) is 17.9. The Hall–Kier alpha value is -1.62. The van der Waals surface area contributed by atoms with Crippen LogP contribution in [-0.4, -0.2) is 41.1 Å². The number of hydrogen-bond acceptors (Lipinski definition) is 4. The summed E-state index contributed by atoms with van der Waals surface area (Å²) in [6.07, 6.45) is 1.58. The highest BCUT2D eigenvalue weighted by molar-refractivity contribution is 5.98. The first-order valence-corrected chi connectivity index (χ1v) is 5.63. The van der Waals surface area contributed by atoms with Crippen LogP contribution in [0.1, 0.15) is 24.2 Å². The van der Waals surface area contributed by atoms with Crippen LogP contribution >= 0.6 is 0 Å². The van der Waals surface area contributed by atoms with Crippen molar-refractivity contribution >= 4 is 11.7 Å². The second-order valence-corrected chi connectivity index (χ2v) is 4.77. The summed E-state index contributed by atoms with van der Waals surface area (Å²) in [6, 6.07) is 3.42. The Labute approximate surface area is 101 Å². The number of hydrogen-bond donors (Lipinski definition) is 1. The molecular weight excluding hydrogens is 218 g/mol. The molecule has 1 aliphatic heterocycles. The van der Waals surface area contributed by atoms with Crippen LogP contribution < -0.4 is 5.73 Å². The third kappa shape index (κ3) is 2.55. The average Bonchev–Trinajstić information content (AvgIpc) is 2.27. The number of nitrogen functional groups attached to an aromatic ring is 1. The fourth-order valence-electron chi connectivity index (χ4n) is 1.96. The summed E-state index contributed by atoms with van der Waals surface area (Å²) < 4.78 is 5.57. The van der Waals surface area contributed by atoms with E-state index >= 15 is 0 Å². The smallest absolute Gasteiger partial charge is 0.257 e. The molecule has 0 atom stereocenters. The number of morpholine rings is 1. The van der Waals surface area contributed by atoms with Crippen LogP contribution in [0.5, 0.6) is 0 Å². The van der Waals surface area contributed by atoms with E-state index in [1.165, 1.54) is 0 Å². The van der Waals surface area contributed by atoms with Gasteiger partial charge in [-0.25, -0.2) is 4.98 Å². The van der Waals surface area contributed by atoms with Gasteiger partial charge < -0.3 is 15.4 Å². The minimum absolute atomic E-state index is 0.0769. The van der Waals surface area contributed by atoms with Gasteiger partial charge in [0.2, 0.25) is 0 Å². The Bertz CT molecular complexity index is 432. The van der Waals surface area contributed by atoms with Crippen LogP contribution in [0.2, 0.25) is 0 Å². The van der Waals surface area contributed by atoms with Crippen molar-refractivity contribution in [2.75, 3.05) is 25.4 Å². The molecule has 5 heteroatoms. The van der Waals surface area contributed by atoms with Crippen LogP contribution in [0.4, 0.5) is 5.82 Å². The molecule has 1 fully saturated rings. The lowest BCUT2D eigenvalue weighted by atomic mass is 10.1. The van der Waals surface area contributed by atoms with Gasteiger partial charge in [-0.2, -0.15) is 0 Å². The minimum Gasteiger partial charge on any atom is -0.383 e. The second kappa shape index (κ2) is 4.33. The van der Waals surface area contributed by atoms with E-state index in [1.807, 2.05) is 13.8 Å². The highest BCUT2D eigenvalue weighted by Crippen LogP contribution is 2.19. The van der Waals surface area contributed by atoms with Crippen LogP contribution in [0.25, 0.3) is 0 Å². The second-order valence-electron chi connectivity index (χ2n) is 4.77. The maximum Gasteiger partial charge on any atom is 0.257 e. The van der Waals surface area contributed by atoms with Crippen molar-refractivity contribution in [3.63, 3.8) is 0 Å². The summed E-state index contributed by atoms with van der Waals surface area (Å²) in [6.45, 7) is 5.66. The molecule has 1 aromatic rings. The molecule has 0 radical (unpaired) electrons. The lowest BCUT2D eigenvalue weighted by Crippen LogP contribution is -2.50. The van der Waals surface area contributed by atoms with E-state index in [9.17, 15) is 4.79 Å². The van der Waals surface area contributed by atoms with Gasteiger partial charge in [0.1, 0.15) is 5.82 Å². The molecule has 0 unspecified atom stereocenters. The first kappa shape index (κ1) is 11.9. The Morgan fingerprint density at radius 2 is 2.35 bits per heavy atom. The summed E-state index contributed by atoms with van der Waals surface area (Å²) in [7, 11) is 0. The molecule has 17 heavy (non-hydrogen) atoms. The van der Waals surface area contributed by atoms with Crippen molar-refractivity contribution in [3.8, 4) is 0 Å². The first-order chi connectivity index (χ1) is 7.99. The van der Waals surface area contributed by atoms with Crippen molar-refractivity contribution in [2.24, 2.45) is 0 Å². The largest absolute Gasteiger partial charge is 0.383 e. The molecule has 2 N–H and O–H groups in total. The molecule has 1 aliphatic rings. The van der Waals surface area contributed by atoms with Crippen LogP contribution in [0.15, 0.2) is 18.3 Å². The molecule has 1 aromatic heterocycles. The van der Waals surface area contributed by atoms with Crippen molar-refractivity contribution in [2.45, 2.75) is 19.4 Å². The number of pyridine rings is 1. The molecular formula is C12H17N3O2. The predicted molar refractivity (Wildman–Crippen MR) is 64.6 cm³/mol. The van der Waals surface area contributed by atoms with E-state index in [1.54, 1.807) is 23.2 Å². The van der Waals surface area contributed by atoms with Crippen molar-refractivity contribution in [1.82, 2.24) is 9.88 Å². The van der Waals surface area contributed by atoms with Gasteiger partial charge in [0, 0.05) is 19.3 Å². The Balaban J connectivity index is 2.18. The van der Waals surface area contributed by atoms with Crippen LogP contribution in [0, 0.1) is 0 Å². The molecule has 92 valence electrons. The molecule has 1 saturated heterocycles. The zero-order valence-electron chi connectivity index (χ0n) is 10.1. The number of anilines is 1. The zero-order chi connectivity index (χ0) is 12.5. The monoisotopic (exact) mass is 235 g/mol. The normalized spacial score (nSPS) is 19.1. The topological polar surface area (TPSA) is 68.5 Å². The molecule has 2 heterocycles. The SMILES string of the molecule is CC1(C)CN(C(=O)c2cccnc2N)CCO1. The molecule has 0 saturated carbocycles. The summed E-state index contributed by atoms with van der Waals surface area (Å²) in [5.74, 6) is 0.203.